The molecule has 0 saturated carbocycles. The Labute approximate surface area is 155 Å². The van der Waals surface area contributed by atoms with E-state index in [1.54, 1.807) is 0 Å². The van der Waals surface area contributed by atoms with Gasteiger partial charge in [0.2, 0.25) is 0 Å². The summed E-state index contributed by atoms with van der Waals surface area (Å²) in [6.07, 6.45) is 17.3. The molecule has 0 aromatic carbocycles. The topological polar surface area (TPSA) is 3.88 Å². The average molecular weight is 384 g/mol. The summed E-state index contributed by atoms with van der Waals surface area (Å²) in [6.45, 7) is 8.18. The summed E-state index contributed by atoms with van der Waals surface area (Å²) >= 11 is 0. The minimum Gasteiger partial charge on any atom is -1.00 e. The first kappa shape index (κ1) is 22.6. The van der Waals surface area contributed by atoms with Gasteiger partial charge in [-0.15, -0.1) is 0 Å². The van der Waals surface area contributed by atoms with Crippen molar-refractivity contribution < 1.29 is 21.5 Å². The fourth-order valence-electron chi connectivity index (χ4n) is 3.17. The third-order valence-electron chi connectivity index (χ3n) is 4.63. The van der Waals surface area contributed by atoms with Gasteiger partial charge >= 0.3 is 0 Å². The van der Waals surface area contributed by atoms with Gasteiger partial charge in [-0.1, -0.05) is 78.2 Å². The van der Waals surface area contributed by atoms with Crippen LogP contribution in [-0.4, -0.2) is 0 Å². The molecule has 1 nitrogen and oxygen atoms in total. The molecule has 1 unspecified atom stereocenters. The van der Waals surface area contributed by atoms with Crippen molar-refractivity contribution in [2.75, 3.05) is 0 Å². The lowest BCUT2D eigenvalue weighted by atomic mass is 10.0. The van der Waals surface area contributed by atoms with Crippen LogP contribution in [0.4, 0.5) is 0 Å². The number of halogens is 1. The predicted molar refractivity (Wildman–Crippen MR) is 97.0 cm³/mol. The Morgan fingerprint density at radius 2 is 1.52 bits per heavy atom. The number of aryl methyl sites for hydroxylation is 1. The molecule has 0 aliphatic carbocycles. The van der Waals surface area contributed by atoms with E-state index >= 15 is 0 Å². The van der Waals surface area contributed by atoms with E-state index in [0.29, 0.717) is 0 Å². The van der Waals surface area contributed by atoms with E-state index in [1.165, 1.54) is 82.9 Å². The van der Waals surface area contributed by atoms with E-state index in [4.69, 9.17) is 0 Å². The monoisotopic (exact) mass is 383 g/mol. The highest BCUT2D eigenvalue weighted by molar-refractivity contribution is 4.97. The molecule has 1 aromatic heterocycles. The molecule has 23 heavy (non-hydrogen) atoms. The minimum atomic E-state index is 0. The molecular weight excluding hydrogens is 346 g/mol. The number of pyridine rings is 1. The largest absolute Gasteiger partial charge is 1.00 e. The van der Waals surface area contributed by atoms with E-state index in [9.17, 15) is 0 Å². The van der Waals surface area contributed by atoms with Crippen molar-refractivity contribution in [3.63, 3.8) is 0 Å². The maximum absolute atomic E-state index is 2.50. The number of unbranched alkanes of at least 4 members (excludes halogenated alkanes) is 7. The van der Waals surface area contributed by atoms with Crippen LogP contribution in [0.1, 0.15) is 90.7 Å². The lowest BCUT2D eigenvalue weighted by Gasteiger charge is -2.10. The summed E-state index contributed by atoms with van der Waals surface area (Å²) in [5, 5.41) is 0. The van der Waals surface area contributed by atoms with Crippen LogP contribution in [0, 0.1) is 5.92 Å². The first-order valence-corrected chi connectivity index (χ1v) is 9.75. The molecule has 0 aliphatic heterocycles. The van der Waals surface area contributed by atoms with Crippen LogP contribution in [0.3, 0.4) is 0 Å². The fraction of sp³-hybridized carbons (Fsp3) is 0.762. The van der Waals surface area contributed by atoms with E-state index in [1.807, 2.05) is 0 Å². The Morgan fingerprint density at radius 1 is 0.870 bits per heavy atom. The third-order valence-corrected chi connectivity index (χ3v) is 4.63. The molecular formula is C21H38BrN. The highest BCUT2D eigenvalue weighted by Gasteiger charge is 2.13. The summed E-state index contributed by atoms with van der Waals surface area (Å²) in [4.78, 5) is 0. The van der Waals surface area contributed by atoms with Crippen molar-refractivity contribution in [2.24, 2.45) is 5.92 Å². The molecule has 0 N–H and O–H groups in total. The van der Waals surface area contributed by atoms with Gasteiger partial charge in [-0.05, 0) is 12.8 Å². The first-order valence-electron chi connectivity index (χ1n) is 9.75. The second kappa shape index (κ2) is 15.2. The van der Waals surface area contributed by atoms with E-state index in [0.717, 1.165) is 5.92 Å². The van der Waals surface area contributed by atoms with E-state index < -0.39 is 0 Å². The highest BCUT2D eigenvalue weighted by atomic mass is 79.9. The number of nitrogens with zero attached hydrogens (tertiary/aromatic N) is 1. The zero-order valence-corrected chi connectivity index (χ0v) is 17.3. The van der Waals surface area contributed by atoms with Crippen molar-refractivity contribution in [3.8, 4) is 0 Å². The highest BCUT2D eigenvalue weighted by Crippen LogP contribution is 2.12. The quantitative estimate of drug-likeness (QED) is 0.364. The Kier molecular flexibility index (Phi) is 14.9. The van der Waals surface area contributed by atoms with Gasteiger partial charge in [0.1, 0.15) is 0 Å². The molecule has 1 atom stereocenters. The van der Waals surface area contributed by atoms with Gasteiger partial charge in [0.05, 0.1) is 0 Å². The van der Waals surface area contributed by atoms with Crippen LogP contribution in [0.2, 0.25) is 0 Å². The molecule has 134 valence electrons. The average Bonchev–Trinajstić information content (AvgIpc) is 2.53. The zero-order valence-electron chi connectivity index (χ0n) is 15.7. The Balaban J connectivity index is 0.00000484. The second-order valence-electron chi connectivity index (χ2n) is 6.96. The van der Waals surface area contributed by atoms with Crippen LogP contribution in [0.25, 0.3) is 0 Å². The molecule has 0 radical (unpaired) electrons. The third kappa shape index (κ3) is 10.9. The molecule has 1 aromatic rings. The molecule has 0 saturated heterocycles. The fourth-order valence-corrected chi connectivity index (χ4v) is 3.17. The molecule has 0 amide bonds. The molecule has 1 rings (SSSR count). The van der Waals surface area contributed by atoms with Crippen molar-refractivity contribution >= 4 is 0 Å². The zero-order chi connectivity index (χ0) is 16.0. The SMILES string of the molecule is CCCCCCCc1cccc[n+]1CC(C)CCCCCC.[Br-]. The molecule has 1 heterocycles. The molecule has 0 spiro atoms. The van der Waals surface area contributed by atoms with Gasteiger partial charge < -0.3 is 17.0 Å². The lowest BCUT2D eigenvalue weighted by Crippen LogP contribution is -3.00. The maximum atomic E-state index is 2.50. The van der Waals surface area contributed by atoms with Gasteiger partial charge in [-0.2, -0.15) is 0 Å². The first-order chi connectivity index (χ1) is 10.8. The van der Waals surface area contributed by atoms with E-state index in [2.05, 4.69) is 49.7 Å². The summed E-state index contributed by atoms with van der Waals surface area (Å²) in [5.41, 5.74) is 1.53. The molecule has 2 heteroatoms. The van der Waals surface area contributed by atoms with Crippen LogP contribution < -0.4 is 21.5 Å². The lowest BCUT2D eigenvalue weighted by molar-refractivity contribution is -0.710. The number of aromatic nitrogens is 1. The smallest absolute Gasteiger partial charge is 0.181 e. The van der Waals surface area contributed by atoms with Crippen LogP contribution in [-0.2, 0) is 13.0 Å². The molecule has 0 fully saturated rings. The van der Waals surface area contributed by atoms with Crippen LogP contribution >= 0.6 is 0 Å². The van der Waals surface area contributed by atoms with E-state index in [-0.39, 0.29) is 17.0 Å². The maximum Gasteiger partial charge on any atom is 0.181 e. The van der Waals surface area contributed by atoms with Crippen LogP contribution in [0.15, 0.2) is 24.4 Å². The summed E-state index contributed by atoms with van der Waals surface area (Å²) in [6, 6.07) is 6.71. The Bertz CT molecular complexity index is 378. The standard InChI is InChI=1S/C21H38N.BrH/c1-4-6-8-10-12-16-21-17-13-14-18-22(21)19-20(3)15-11-9-7-5-2;/h13-14,17-18,20H,4-12,15-16,19H2,1-3H3;1H/q+1;/p-1. The minimum absolute atomic E-state index is 0. The van der Waals surface area contributed by atoms with Crippen LogP contribution in [0.5, 0.6) is 0 Å². The summed E-state index contributed by atoms with van der Waals surface area (Å²) in [5.74, 6) is 0.795. The van der Waals surface area contributed by atoms with Crippen molar-refractivity contribution in [1.82, 2.24) is 0 Å². The number of hydrogen-bond acceptors (Lipinski definition) is 0. The van der Waals surface area contributed by atoms with Gasteiger partial charge in [0.15, 0.2) is 18.4 Å². The second-order valence-corrected chi connectivity index (χ2v) is 6.96. The van der Waals surface area contributed by atoms with Crippen molar-refractivity contribution in [3.05, 3.63) is 30.1 Å². The molecule has 0 aliphatic rings. The van der Waals surface area contributed by atoms with Gasteiger partial charge in [-0.3, -0.25) is 0 Å². The van der Waals surface area contributed by atoms with Crippen molar-refractivity contribution in [1.29, 1.82) is 0 Å². The normalized spacial score (nSPS) is 12.0. The van der Waals surface area contributed by atoms with Crippen molar-refractivity contribution in [2.45, 2.75) is 97.9 Å². The van der Waals surface area contributed by atoms with Gasteiger partial charge in [-0.25, -0.2) is 4.57 Å². The summed E-state index contributed by atoms with van der Waals surface area (Å²) in [7, 11) is 0. The number of rotatable bonds is 13. The molecule has 0 bridgehead atoms. The summed E-state index contributed by atoms with van der Waals surface area (Å²) < 4.78 is 2.50. The Hall–Kier alpha value is -0.370. The van der Waals surface area contributed by atoms with Gasteiger partial charge in [0, 0.05) is 24.5 Å². The van der Waals surface area contributed by atoms with Gasteiger partial charge in [0.25, 0.3) is 0 Å². The Morgan fingerprint density at radius 3 is 2.22 bits per heavy atom. The number of hydrogen-bond donors (Lipinski definition) is 0. The predicted octanol–water partition coefficient (Wildman–Crippen LogP) is 3.10.